The lowest BCUT2D eigenvalue weighted by atomic mass is 10.6. The van der Waals surface area contributed by atoms with Crippen LogP contribution in [-0.4, -0.2) is 12.4 Å². The summed E-state index contributed by atoms with van der Waals surface area (Å²) in [5.74, 6) is 0.569. The lowest BCUT2D eigenvalue weighted by Crippen LogP contribution is -1.97. The summed E-state index contributed by atoms with van der Waals surface area (Å²) >= 11 is 5.06. The van der Waals surface area contributed by atoms with Crippen molar-refractivity contribution in [3.8, 4) is 0 Å². The van der Waals surface area contributed by atoms with Gasteiger partial charge in [-0.1, -0.05) is 20.3 Å². The monoisotopic (exact) mass is 123 g/mol. The van der Waals surface area contributed by atoms with Gasteiger partial charge in [0, 0.05) is 12.4 Å². The van der Waals surface area contributed by atoms with Crippen molar-refractivity contribution in [2.24, 2.45) is 5.73 Å². The van der Waals surface area contributed by atoms with Crippen LogP contribution in [0.15, 0.2) is 0 Å². The molecule has 0 heterocycles. The fourth-order valence-electron chi connectivity index (χ4n) is 0. The molecule has 0 aromatic heterocycles. The smallest absolute Gasteiger partial charge is 0.0346 e. The molecule has 2 N–H and O–H groups in total. The molecule has 0 radical (unpaired) electrons. The highest BCUT2D eigenvalue weighted by atomic mass is 35.5. The van der Waals surface area contributed by atoms with Gasteiger partial charge in [-0.05, 0) is 0 Å². The molecular formula is C5H14ClN. The van der Waals surface area contributed by atoms with E-state index in [1.54, 1.807) is 0 Å². The Hall–Kier alpha value is 0.250. The molecule has 0 unspecified atom stereocenters. The predicted molar refractivity (Wildman–Crippen MR) is 35.7 cm³/mol. The molecule has 0 atom stereocenters. The van der Waals surface area contributed by atoms with Crippen LogP contribution in [0.2, 0.25) is 0 Å². The van der Waals surface area contributed by atoms with E-state index in [9.17, 15) is 0 Å². The summed E-state index contributed by atoms with van der Waals surface area (Å²) in [6, 6.07) is 0. The number of rotatable bonds is 1. The van der Waals surface area contributed by atoms with Gasteiger partial charge in [-0.2, -0.15) is 0 Å². The molecule has 0 aliphatic carbocycles. The largest absolute Gasteiger partial charge is 0.329 e. The highest BCUT2D eigenvalue weighted by molar-refractivity contribution is 6.18. The van der Waals surface area contributed by atoms with Crippen LogP contribution in [0.3, 0.4) is 0 Å². The fourth-order valence-corrected chi connectivity index (χ4v) is 0. The van der Waals surface area contributed by atoms with Crippen molar-refractivity contribution in [3.05, 3.63) is 0 Å². The molecule has 0 saturated carbocycles. The highest BCUT2D eigenvalue weighted by Crippen LogP contribution is 1.60. The molecular weight excluding hydrogens is 110 g/mol. The lowest BCUT2D eigenvalue weighted by Gasteiger charge is -1.68. The van der Waals surface area contributed by atoms with Crippen molar-refractivity contribution in [1.82, 2.24) is 0 Å². The standard InChI is InChI=1S/C3H8.C2H6ClN/c1-3-2;3-1-2-4/h3H2,1-2H3;1-2,4H2. The molecule has 0 bridgehead atoms. The SMILES string of the molecule is CCC.NCCCl. The predicted octanol–water partition coefficient (Wildman–Crippen LogP) is 1.60. The summed E-state index contributed by atoms with van der Waals surface area (Å²) in [4.78, 5) is 0. The molecule has 0 fully saturated rings. The molecule has 46 valence electrons. The number of hydrogen-bond donors (Lipinski definition) is 1. The fraction of sp³-hybridized carbons (Fsp3) is 1.00. The highest BCUT2D eigenvalue weighted by Gasteiger charge is 1.58. The van der Waals surface area contributed by atoms with E-state index >= 15 is 0 Å². The van der Waals surface area contributed by atoms with Crippen LogP contribution in [0.25, 0.3) is 0 Å². The normalized spacial score (nSPS) is 6.86. The first-order valence-corrected chi connectivity index (χ1v) is 3.12. The molecule has 0 aliphatic rings. The van der Waals surface area contributed by atoms with Gasteiger partial charge in [0.1, 0.15) is 0 Å². The van der Waals surface area contributed by atoms with E-state index in [0.717, 1.165) is 0 Å². The third kappa shape index (κ3) is 72.2. The Balaban J connectivity index is 0. The lowest BCUT2D eigenvalue weighted by molar-refractivity contribution is 1.09. The Morgan fingerprint density at radius 3 is 1.57 bits per heavy atom. The van der Waals surface area contributed by atoms with Gasteiger partial charge in [0.25, 0.3) is 0 Å². The first-order valence-electron chi connectivity index (χ1n) is 2.59. The van der Waals surface area contributed by atoms with Gasteiger partial charge in [0.15, 0.2) is 0 Å². The summed E-state index contributed by atoms with van der Waals surface area (Å²) < 4.78 is 0. The second kappa shape index (κ2) is 16.3. The van der Waals surface area contributed by atoms with E-state index < -0.39 is 0 Å². The minimum atomic E-state index is 0.569. The second-order valence-electron chi connectivity index (χ2n) is 1.18. The summed E-state index contributed by atoms with van der Waals surface area (Å²) in [5.41, 5.74) is 4.90. The molecule has 0 aliphatic heterocycles. The van der Waals surface area contributed by atoms with Crippen molar-refractivity contribution in [2.75, 3.05) is 12.4 Å². The topological polar surface area (TPSA) is 26.0 Å². The zero-order valence-corrected chi connectivity index (χ0v) is 5.83. The zero-order valence-electron chi connectivity index (χ0n) is 5.08. The zero-order chi connectivity index (χ0) is 6.12. The van der Waals surface area contributed by atoms with E-state index in [2.05, 4.69) is 13.8 Å². The van der Waals surface area contributed by atoms with Crippen molar-refractivity contribution >= 4 is 11.6 Å². The maximum absolute atomic E-state index is 5.06. The minimum absolute atomic E-state index is 0.569. The van der Waals surface area contributed by atoms with Crippen molar-refractivity contribution in [3.63, 3.8) is 0 Å². The Kier molecular flexibility index (Phi) is 23.9. The van der Waals surface area contributed by atoms with E-state index in [0.29, 0.717) is 12.4 Å². The van der Waals surface area contributed by atoms with E-state index in [1.165, 1.54) is 6.42 Å². The molecule has 0 aromatic rings. The number of nitrogens with two attached hydrogens (primary N) is 1. The summed E-state index contributed by atoms with van der Waals surface area (Å²) in [6.45, 7) is 4.83. The quantitative estimate of drug-likeness (QED) is 0.527. The third-order valence-electron chi connectivity index (χ3n) is 0.109. The van der Waals surface area contributed by atoms with Crippen LogP contribution in [0, 0.1) is 0 Å². The van der Waals surface area contributed by atoms with Crippen LogP contribution < -0.4 is 5.73 Å². The first kappa shape index (κ1) is 10.3. The Morgan fingerprint density at radius 1 is 1.43 bits per heavy atom. The van der Waals surface area contributed by atoms with Crippen LogP contribution in [-0.2, 0) is 0 Å². The molecule has 0 saturated heterocycles. The second-order valence-corrected chi connectivity index (χ2v) is 1.56. The van der Waals surface area contributed by atoms with Gasteiger partial charge >= 0.3 is 0 Å². The average molecular weight is 124 g/mol. The van der Waals surface area contributed by atoms with Gasteiger partial charge < -0.3 is 5.73 Å². The van der Waals surface area contributed by atoms with E-state index in [4.69, 9.17) is 17.3 Å². The van der Waals surface area contributed by atoms with Gasteiger partial charge in [0.2, 0.25) is 0 Å². The van der Waals surface area contributed by atoms with Crippen molar-refractivity contribution in [2.45, 2.75) is 20.3 Å². The molecule has 0 aromatic carbocycles. The molecule has 0 rings (SSSR count). The van der Waals surface area contributed by atoms with Crippen LogP contribution in [0.4, 0.5) is 0 Å². The summed E-state index contributed by atoms with van der Waals surface area (Å²) in [6.07, 6.45) is 1.25. The average Bonchev–Trinajstić information content (AvgIpc) is 1.69. The molecule has 0 amide bonds. The molecule has 0 spiro atoms. The Morgan fingerprint density at radius 2 is 1.57 bits per heavy atom. The van der Waals surface area contributed by atoms with Crippen LogP contribution in [0.1, 0.15) is 20.3 Å². The number of halogens is 1. The van der Waals surface area contributed by atoms with Crippen LogP contribution in [0.5, 0.6) is 0 Å². The number of hydrogen-bond acceptors (Lipinski definition) is 1. The summed E-state index contributed by atoms with van der Waals surface area (Å²) in [7, 11) is 0. The molecule has 1 nitrogen and oxygen atoms in total. The van der Waals surface area contributed by atoms with E-state index in [-0.39, 0.29) is 0 Å². The van der Waals surface area contributed by atoms with Gasteiger partial charge in [-0.15, -0.1) is 11.6 Å². The maximum Gasteiger partial charge on any atom is 0.0346 e. The maximum atomic E-state index is 5.06. The van der Waals surface area contributed by atoms with Crippen LogP contribution >= 0.6 is 11.6 Å². The van der Waals surface area contributed by atoms with Gasteiger partial charge in [0.05, 0.1) is 0 Å². The first-order chi connectivity index (χ1) is 3.33. The minimum Gasteiger partial charge on any atom is -0.329 e. The number of alkyl halides is 1. The van der Waals surface area contributed by atoms with E-state index in [1.807, 2.05) is 0 Å². The van der Waals surface area contributed by atoms with Crippen molar-refractivity contribution in [1.29, 1.82) is 0 Å². The van der Waals surface area contributed by atoms with Gasteiger partial charge in [-0.3, -0.25) is 0 Å². The molecule has 2 heteroatoms. The Labute approximate surface area is 50.8 Å². The van der Waals surface area contributed by atoms with Gasteiger partial charge in [-0.25, -0.2) is 0 Å². The summed E-state index contributed by atoms with van der Waals surface area (Å²) in [5, 5.41) is 0. The third-order valence-corrected chi connectivity index (χ3v) is 0.327. The molecule has 7 heavy (non-hydrogen) atoms. The van der Waals surface area contributed by atoms with Crippen molar-refractivity contribution < 1.29 is 0 Å². The Bertz CT molecular complexity index is 15.6.